The molecule has 0 atom stereocenters. The van der Waals surface area contributed by atoms with Crippen molar-refractivity contribution in [2.24, 2.45) is 0 Å². The van der Waals surface area contributed by atoms with Gasteiger partial charge in [-0.15, -0.1) is 0 Å². The summed E-state index contributed by atoms with van der Waals surface area (Å²) >= 11 is 0. The lowest BCUT2D eigenvalue weighted by Crippen LogP contribution is -2.47. The van der Waals surface area contributed by atoms with Crippen molar-refractivity contribution in [3.8, 4) is 17.0 Å². The summed E-state index contributed by atoms with van der Waals surface area (Å²) in [5.74, 6) is 0.807. The molecule has 144 valence electrons. The summed E-state index contributed by atoms with van der Waals surface area (Å²) in [5.41, 5.74) is 2.62. The molecule has 1 aromatic heterocycles. The monoisotopic (exact) mass is 372 g/mol. The molecule has 3 rings (SSSR count). The van der Waals surface area contributed by atoms with Crippen LogP contribution in [0.2, 0.25) is 0 Å². The number of ether oxygens (including phenoxy) is 1. The van der Waals surface area contributed by atoms with Crippen molar-refractivity contribution in [3.05, 3.63) is 36.3 Å². The average Bonchev–Trinajstić information content (AvgIpc) is 3.17. The number of methoxy groups -OCH3 is 1. The number of nitrogens with zero attached hydrogens (tertiary/aromatic N) is 4. The van der Waals surface area contributed by atoms with Crippen molar-refractivity contribution in [1.29, 1.82) is 0 Å². The van der Waals surface area contributed by atoms with Crippen LogP contribution in [0.15, 0.2) is 30.7 Å². The summed E-state index contributed by atoms with van der Waals surface area (Å²) < 4.78 is 6.74. The Kier molecular flexibility index (Phi) is 5.34. The first-order chi connectivity index (χ1) is 12.9. The third-order valence-electron chi connectivity index (χ3n) is 5.08. The molecule has 1 fully saturated rings. The number of carbonyl (C=O) groups is 2. The van der Waals surface area contributed by atoms with Crippen LogP contribution in [0.1, 0.15) is 18.4 Å². The largest absolute Gasteiger partial charge is 0.496 e. The van der Waals surface area contributed by atoms with E-state index in [9.17, 15) is 9.59 Å². The maximum Gasteiger partial charge on any atom is 0.407 e. The Balaban J connectivity index is 1.69. The zero-order chi connectivity index (χ0) is 19.6. The van der Waals surface area contributed by atoms with Crippen molar-refractivity contribution >= 4 is 12.1 Å². The number of benzene rings is 1. The normalized spacial score (nSPS) is 14.9. The summed E-state index contributed by atoms with van der Waals surface area (Å²) in [7, 11) is 3.38. The first-order valence-electron chi connectivity index (χ1n) is 8.84. The molecule has 2 aromatic rings. The number of carbonyl (C=O) groups excluding carboxylic acids is 1. The molecule has 0 radical (unpaired) electrons. The van der Waals surface area contributed by atoms with Crippen molar-refractivity contribution in [1.82, 2.24) is 19.4 Å². The number of likely N-dealkylation sites (tertiary alicyclic amines) is 1. The first-order valence-corrected chi connectivity index (χ1v) is 8.84. The van der Waals surface area contributed by atoms with Gasteiger partial charge < -0.3 is 19.6 Å². The van der Waals surface area contributed by atoms with Gasteiger partial charge in [0.25, 0.3) is 0 Å². The van der Waals surface area contributed by atoms with Crippen molar-refractivity contribution in [2.45, 2.75) is 25.8 Å². The van der Waals surface area contributed by atoms with Crippen LogP contribution in [0.25, 0.3) is 11.3 Å². The highest BCUT2D eigenvalue weighted by Crippen LogP contribution is 2.25. The highest BCUT2D eigenvalue weighted by Gasteiger charge is 2.28. The molecule has 1 aromatic carbocycles. The van der Waals surface area contributed by atoms with Gasteiger partial charge in [0.2, 0.25) is 0 Å². The van der Waals surface area contributed by atoms with E-state index in [2.05, 4.69) is 4.98 Å². The molecule has 8 heteroatoms. The summed E-state index contributed by atoms with van der Waals surface area (Å²) in [6.07, 6.45) is 3.59. The zero-order valence-corrected chi connectivity index (χ0v) is 15.8. The summed E-state index contributed by atoms with van der Waals surface area (Å²) in [5, 5.41) is 9.04. The standard InChI is InChI=1S/C19H24N4O4/c1-13-10-14(4-5-17(13)27-3)16-11-23(12-20-16)18(24)21(2)15-6-8-22(9-7-15)19(25)26/h4-5,10-12,15H,6-9H2,1-3H3,(H,25,26). The van der Waals surface area contributed by atoms with E-state index in [0.717, 1.165) is 16.9 Å². The van der Waals surface area contributed by atoms with Crippen molar-refractivity contribution < 1.29 is 19.4 Å². The van der Waals surface area contributed by atoms with Gasteiger partial charge in [0, 0.05) is 37.9 Å². The third-order valence-corrected chi connectivity index (χ3v) is 5.08. The van der Waals surface area contributed by atoms with E-state index in [1.165, 1.54) is 15.8 Å². The fourth-order valence-corrected chi connectivity index (χ4v) is 3.40. The number of hydrogen-bond acceptors (Lipinski definition) is 4. The highest BCUT2D eigenvalue weighted by molar-refractivity contribution is 5.78. The molecule has 1 N–H and O–H groups in total. The first kappa shape index (κ1) is 18.8. The smallest absolute Gasteiger partial charge is 0.407 e. The number of piperidine rings is 1. The third kappa shape index (κ3) is 3.89. The van der Waals surface area contributed by atoms with Gasteiger partial charge in [-0.2, -0.15) is 0 Å². The Bertz CT molecular complexity index is 840. The number of carboxylic acid groups (broad SMARTS) is 1. The molecule has 27 heavy (non-hydrogen) atoms. The van der Waals surface area contributed by atoms with E-state index in [1.807, 2.05) is 25.1 Å². The predicted molar refractivity (Wildman–Crippen MR) is 100 cm³/mol. The molecule has 0 bridgehead atoms. The summed E-state index contributed by atoms with van der Waals surface area (Å²) in [6.45, 7) is 2.84. The molecule has 1 aliphatic rings. The number of aryl methyl sites for hydroxylation is 1. The second kappa shape index (κ2) is 7.69. The summed E-state index contributed by atoms with van der Waals surface area (Å²) in [6, 6.07) is 5.61. The molecule has 1 aliphatic heterocycles. The van der Waals surface area contributed by atoms with Gasteiger partial charge in [0.1, 0.15) is 12.1 Å². The summed E-state index contributed by atoms with van der Waals surface area (Å²) in [4.78, 5) is 31.2. The second-order valence-corrected chi connectivity index (χ2v) is 6.74. The maximum atomic E-state index is 12.8. The molecule has 8 nitrogen and oxygen atoms in total. The Morgan fingerprint density at radius 3 is 2.59 bits per heavy atom. The lowest BCUT2D eigenvalue weighted by atomic mass is 10.0. The lowest BCUT2D eigenvalue weighted by molar-refractivity contribution is 0.112. The van der Waals surface area contributed by atoms with Gasteiger partial charge in [-0.25, -0.2) is 14.6 Å². The van der Waals surface area contributed by atoms with E-state index in [0.29, 0.717) is 31.6 Å². The topological polar surface area (TPSA) is 87.9 Å². The quantitative estimate of drug-likeness (QED) is 0.895. The molecular weight excluding hydrogens is 348 g/mol. The van der Waals surface area contributed by atoms with Crippen LogP contribution in [-0.4, -0.2) is 69.9 Å². The van der Waals surface area contributed by atoms with Gasteiger partial charge in [0.15, 0.2) is 0 Å². The Morgan fingerprint density at radius 2 is 2.00 bits per heavy atom. The van der Waals surface area contributed by atoms with Crippen molar-refractivity contribution in [3.63, 3.8) is 0 Å². The molecule has 0 saturated carbocycles. The van der Waals surface area contributed by atoms with Gasteiger partial charge >= 0.3 is 12.1 Å². The predicted octanol–water partition coefficient (Wildman–Crippen LogP) is 2.91. The van der Waals surface area contributed by atoms with Gasteiger partial charge in [-0.3, -0.25) is 4.57 Å². The molecule has 2 amide bonds. The molecule has 0 spiro atoms. The number of aromatic nitrogens is 2. The number of amides is 2. The van der Waals surface area contributed by atoms with Crippen LogP contribution in [0, 0.1) is 6.92 Å². The van der Waals surface area contributed by atoms with E-state index in [-0.39, 0.29) is 12.1 Å². The SMILES string of the molecule is COc1ccc(-c2cn(C(=O)N(C)C3CCN(C(=O)O)CC3)cn2)cc1C. The van der Waals surface area contributed by atoms with Crippen LogP contribution in [0.3, 0.4) is 0 Å². The van der Waals surface area contributed by atoms with Crippen LogP contribution >= 0.6 is 0 Å². The average molecular weight is 372 g/mol. The Morgan fingerprint density at radius 1 is 1.30 bits per heavy atom. The molecule has 1 saturated heterocycles. The minimum absolute atomic E-state index is 0.0159. The van der Waals surface area contributed by atoms with Crippen LogP contribution in [0.5, 0.6) is 5.75 Å². The van der Waals surface area contributed by atoms with Gasteiger partial charge in [0.05, 0.1) is 12.8 Å². The fourth-order valence-electron chi connectivity index (χ4n) is 3.40. The lowest BCUT2D eigenvalue weighted by Gasteiger charge is -2.35. The number of imidazole rings is 1. The number of rotatable bonds is 3. The van der Waals surface area contributed by atoms with Crippen LogP contribution < -0.4 is 4.74 Å². The second-order valence-electron chi connectivity index (χ2n) is 6.74. The fraction of sp³-hybridized carbons (Fsp3) is 0.421. The van der Waals surface area contributed by atoms with Crippen LogP contribution in [0.4, 0.5) is 9.59 Å². The molecular formula is C19H24N4O4. The van der Waals surface area contributed by atoms with Gasteiger partial charge in [-0.1, -0.05) is 0 Å². The Hall–Kier alpha value is -3.03. The highest BCUT2D eigenvalue weighted by atomic mass is 16.5. The van der Waals surface area contributed by atoms with Gasteiger partial charge in [-0.05, 0) is 43.5 Å². The van der Waals surface area contributed by atoms with E-state index >= 15 is 0 Å². The van der Waals surface area contributed by atoms with Crippen LogP contribution in [-0.2, 0) is 0 Å². The molecule has 0 unspecified atom stereocenters. The minimum atomic E-state index is -0.906. The molecule has 0 aliphatic carbocycles. The van der Waals surface area contributed by atoms with E-state index in [4.69, 9.17) is 9.84 Å². The van der Waals surface area contributed by atoms with E-state index in [1.54, 1.807) is 25.3 Å². The number of hydrogen-bond donors (Lipinski definition) is 1. The maximum absolute atomic E-state index is 12.8. The zero-order valence-electron chi connectivity index (χ0n) is 15.8. The van der Waals surface area contributed by atoms with Crippen molar-refractivity contribution in [2.75, 3.05) is 27.2 Å². The Labute approximate surface area is 158 Å². The van der Waals surface area contributed by atoms with E-state index < -0.39 is 6.09 Å². The minimum Gasteiger partial charge on any atom is -0.496 e. The molecule has 2 heterocycles.